The van der Waals surface area contributed by atoms with Gasteiger partial charge in [-0.15, -0.1) is 0 Å². The highest BCUT2D eigenvalue weighted by atomic mass is 32.2. The largest absolute Gasteiger partial charge is 0.350 e. The van der Waals surface area contributed by atoms with Gasteiger partial charge in [0.15, 0.2) is 0 Å². The standard InChI is InChI=1S/C13H24N2S/c1-4-8-15-9-5-6-13(15)11-14-12(2)7-10-16-3/h5-6,9,12,14H,4,7-8,10-11H2,1-3H3. The number of nitrogens with zero attached hydrogens (tertiary/aromatic N) is 1. The molecule has 0 spiro atoms. The fraction of sp³-hybridized carbons (Fsp3) is 0.692. The summed E-state index contributed by atoms with van der Waals surface area (Å²) >= 11 is 1.92. The van der Waals surface area contributed by atoms with Crippen molar-refractivity contribution in [2.75, 3.05) is 12.0 Å². The van der Waals surface area contributed by atoms with Gasteiger partial charge in [0.25, 0.3) is 0 Å². The third kappa shape index (κ3) is 4.62. The van der Waals surface area contributed by atoms with Crippen molar-refractivity contribution in [2.24, 2.45) is 0 Å². The maximum atomic E-state index is 3.58. The molecule has 0 saturated carbocycles. The molecule has 1 aromatic rings. The van der Waals surface area contributed by atoms with Crippen molar-refractivity contribution in [2.45, 2.75) is 45.8 Å². The normalized spacial score (nSPS) is 12.9. The second kappa shape index (κ2) is 7.80. The SMILES string of the molecule is CCCn1cccc1CNC(C)CCSC. The van der Waals surface area contributed by atoms with Crippen LogP contribution in [0.2, 0.25) is 0 Å². The second-order valence-electron chi connectivity index (χ2n) is 4.26. The summed E-state index contributed by atoms with van der Waals surface area (Å²) in [6.07, 6.45) is 6.78. The monoisotopic (exact) mass is 240 g/mol. The number of thioether (sulfide) groups is 1. The van der Waals surface area contributed by atoms with Crippen LogP contribution in [0, 0.1) is 0 Å². The molecule has 0 aromatic carbocycles. The van der Waals surface area contributed by atoms with Crippen molar-refractivity contribution in [1.29, 1.82) is 0 Å². The van der Waals surface area contributed by atoms with Crippen molar-refractivity contribution in [3.8, 4) is 0 Å². The number of hydrogen-bond acceptors (Lipinski definition) is 2. The average Bonchev–Trinajstić information content (AvgIpc) is 2.72. The maximum absolute atomic E-state index is 3.58. The molecule has 0 radical (unpaired) electrons. The van der Waals surface area contributed by atoms with Crippen LogP contribution in [0.4, 0.5) is 0 Å². The molecule has 0 fully saturated rings. The van der Waals surface area contributed by atoms with Gasteiger partial charge in [0.05, 0.1) is 0 Å². The summed E-state index contributed by atoms with van der Waals surface area (Å²) in [6.45, 7) is 6.60. The van der Waals surface area contributed by atoms with Gasteiger partial charge in [-0.3, -0.25) is 0 Å². The summed E-state index contributed by atoms with van der Waals surface area (Å²) < 4.78 is 2.34. The molecule has 1 N–H and O–H groups in total. The van der Waals surface area contributed by atoms with Crippen LogP contribution in [0.15, 0.2) is 18.3 Å². The summed E-state index contributed by atoms with van der Waals surface area (Å²) in [5.74, 6) is 1.24. The zero-order chi connectivity index (χ0) is 11.8. The lowest BCUT2D eigenvalue weighted by molar-refractivity contribution is 0.515. The molecular formula is C13H24N2S. The van der Waals surface area contributed by atoms with Gasteiger partial charge < -0.3 is 9.88 Å². The predicted molar refractivity (Wildman–Crippen MR) is 74.0 cm³/mol. The minimum Gasteiger partial charge on any atom is -0.350 e. The molecule has 0 aliphatic carbocycles. The van der Waals surface area contributed by atoms with Gasteiger partial charge in [0, 0.05) is 31.0 Å². The molecule has 1 unspecified atom stereocenters. The summed E-state index contributed by atoms with van der Waals surface area (Å²) in [5.41, 5.74) is 1.40. The smallest absolute Gasteiger partial charge is 0.0361 e. The molecule has 0 amide bonds. The van der Waals surface area contributed by atoms with Crippen molar-refractivity contribution in [3.05, 3.63) is 24.0 Å². The van der Waals surface area contributed by atoms with Crippen LogP contribution in [0.5, 0.6) is 0 Å². The van der Waals surface area contributed by atoms with E-state index in [1.165, 1.54) is 24.3 Å². The Kier molecular flexibility index (Phi) is 6.65. The first-order valence-corrected chi connectivity index (χ1v) is 7.53. The predicted octanol–water partition coefficient (Wildman–Crippen LogP) is 3.13. The van der Waals surface area contributed by atoms with E-state index in [9.17, 15) is 0 Å². The third-order valence-electron chi connectivity index (χ3n) is 2.77. The van der Waals surface area contributed by atoms with Crippen molar-refractivity contribution in [3.63, 3.8) is 0 Å². The number of aryl methyl sites for hydroxylation is 1. The lowest BCUT2D eigenvalue weighted by Gasteiger charge is -2.14. The molecule has 1 heterocycles. The average molecular weight is 240 g/mol. The molecule has 0 aliphatic rings. The van der Waals surface area contributed by atoms with Gasteiger partial charge in [-0.25, -0.2) is 0 Å². The topological polar surface area (TPSA) is 17.0 Å². The van der Waals surface area contributed by atoms with Crippen LogP contribution in [0.3, 0.4) is 0 Å². The molecule has 1 rings (SSSR count). The van der Waals surface area contributed by atoms with E-state index in [4.69, 9.17) is 0 Å². The molecule has 0 saturated heterocycles. The van der Waals surface area contributed by atoms with E-state index >= 15 is 0 Å². The number of rotatable bonds is 8. The van der Waals surface area contributed by atoms with E-state index in [1.807, 2.05) is 11.8 Å². The Morgan fingerprint density at radius 2 is 2.31 bits per heavy atom. The molecule has 92 valence electrons. The highest BCUT2D eigenvalue weighted by molar-refractivity contribution is 7.98. The summed E-state index contributed by atoms with van der Waals surface area (Å²) in [6, 6.07) is 4.96. The fourth-order valence-corrected chi connectivity index (χ4v) is 2.33. The first-order valence-electron chi connectivity index (χ1n) is 6.14. The van der Waals surface area contributed by atoms with Crippen molar-refractivity contribution < 1.29 is 0 Å². The van der Waals surface area contributed by atoms with E-state index in [1.54, 1.807) is 0 Å². The minimum atomic E-state index is 0.609. The lowest BCUT2D eigenvalue weighted by Crippen LogP contribution is -2.27. The van der Waals surface area contributed by atoms with Crippen LogP contribution >= 0.6 is 11.8 Å². The molecule has 16 heavy (non-hydrogen) atoms. The van der Waals surface area contributed by atoms with E-state index in [-0.39, 0.29) is 0 Å². The van der Waals surface area contributed by atoms with Gasteiger partial charge in [-0.2, -0.15) is 11.8 Å². The Morgan fingerprint density at radius 3 is 3.00 bits per heavy atom. The van der Waals surface area contributed by atoms with Crippen LogP contribution < -0.4 is 5.32 Å². The molecular weight excluding hydrogens is 216 g/mol. The van der Waals surface area contributed by atoms with E-state index < -0.39 is 0 Å². The highest BCUT2D eigenvalue weighted by Crippen LogP contribution is 2.05. The Labute approximate surface area is 104 Å². The summed E-state index contributed by atoms with van der Waals surface area (Å²) in [5, 5.41) is 3.58. The second-order valence-corrected chi connectivity index (χ2v) is 5.24. The Bertz CT molecular complexity index is 283. The van der Waals surface area contributed by atoms with Gasteiger partial charge in [0.1, 0.15) is 0 Å². The van der Waals surface area contributed by atoms with Crippen LogP contribution in [-0.4, -0.2) is 22.6 Å². The van der Waals surface area contributed by atoms with Crippen molar-refractivity contribution >= 4 is 11.8 Å². The molecule has 1 aromatic heterocycles. The number of nitrogens with one attached hydrogen (secondary N) is 1. The van der Waals surface area contributed by atoms with Crippen LogP contribution in [0.25, 0.3) is 0 Å². The molecule has 2 nitrogen and oxygen atoms in total. The highest BCUT2D eigenvalue weighted by Gasteiger charge is 2.03. The zero-order valence-corrected chi connectivity index (χ0v) is 11.5. The number of hydrogen-bond donors (Lipinski definition) is 1. The van der Waals surface area contributed by atoms with Crippen LogP contribution in [0.1, 0.15) is 32.4 Å². The van der Waals surface area contributed by atoms with E-state index in [0.717, 1.165) is 13.1 Å². The molecule has 0 bridgehead atoms. The Morgan fingerprint density at radius 1 is 1.50 bits per heavy atom. The van der Waals surface area contributed by atoms with Gasteiger partial charge in [0.2, 0.25) is 0 Å². The van der Waals surface area contributed by atoms with E-state index in [0.29, 0.717) is 6.04 Å². The first kappa shape index (κ1) is 13.7. The maximum Gasteiger partial charge on any atom is 0.0361 e. The summed E-state index contributed by atoms with van der Waals surface area (Å²) in [7, 11) is 0. The van der Waals surface area contributed by atoms with E-state index in [2.05, 4.69) is 48.3 Å². The van der Waals surface area contributed by atoms with Gasteiger partial charge in [-0.1, -0.05) is 6.92 Å². The Balaban J connectivity index is 2.32. The molecule has 1 atom stereocenters. The van der Waals surface area contributed by atoms with Crippen molar-refractivity contribution in [1.82, 2.24) is 9.88 Å². The lowest BCUT2D eigenvalue weighted by atomic mass is 10.2. The van der Waals surface area contributed by atoms with Gasteiger partial charge >= 0.3 is 0 Å². The first-order chi connectivity index (χ1) is 7.77. The zero-order valence-electron chi connectivity index (χ0n) is 10.7. The summed E-state index contributed by atoms with van der Waals surface area (Å²) in [4.78, 5) is 0. The van der Waals surface area contributed by atoms with Gasteiger partial charge in [-0.05, 0) is 43.9 Å². The minimum absolute atomic E-state index is 0.609. The van der Waals surface area contributed by atoms with Crippen LogP contribution in [-0.2, 0) is 13.1 Å². The molecule has 0 aliphatic heterocycles. The third-order valence-corrected chi connectivity index (χ3v) is 3.42. The number of aromatic nitrogens is 1. The Hall–Kier alpha value is -0.410. The fourth-order valence-electron chi connectivity index (χ4n) is 1.74. The quantitative estimate of drug-likeness (QED) is 0.752. The molecule has 3 heteroatoms.